The number of carbonyl (C=O) groups excluding carboxylic acids is 1. The number of hydrogen-bond acceptors (Lipinski definition) is 3. The summed E-state index contributed by atoms with van der Waals surface area (Å²) in [6, 6.07) is 14.4. The lowest BCUT2D eigenvalue weighted by Crippen LogP contribution is -1.97. The highest BCUT2D eigenvalue weighted by Gasteiger charge is 2.05. The summed E-state index contributed by atoms with van der Waals surface area (Å²) in [5, 5.41) is 0. The summed E-state index contributed by atoms with van der Waals surface area (Å²) in [4.78, 5) is 16.8. The fourth-order valence-electron chi connectivity index (χ4n) is 2.69. The van der Waals surface area contributed by atoms with E-state index in [0.29, 0.717) is 0 Å². The zero-order valence-electron chi connectivity index (χ0n) is 15.9. The van der Waals surface area contributed by atoms with E-state index in [-0.39, 0.29) is 0 Å². The van der Waals surface area contributed by atoms with Gasteiger partial charge in [-0.1, -0.05) is 32.3 Å². The molecule has 1 N–H and O–H groups in total. The molecule has 0 unspecified atom stereocenters. The molecule has 0 amide bonds. The van der Waals surface area contributed by atoms with Crippen molar-refractivity contribution in [2.75, 3.05) is 6.61 Å². The predicted molar refractivity (Wildman–Crippen MR) is 108 cm³/mol. The molecule has 138 valence electrons. The number of aromatic amines is 1. The maximum atomic E-state index is 8.81. The van der Waals surface area contributed by atoms with Crippen LogP contribution in [-0.4, -0.2) is 22.9 Å². The van der Waals surface area contributed by atoms with Gasteiger partial charge in [-0.2, -0.15) is 0 Å². The predicted octanol–water partition coefficient (Wildman–Crippen LogP) is 5.70. The van der Waals surface area contributed by atoms with E-state index in [0.717, 1.165) is 47.5 Å². The molecule has 0 aliphatic carbocycles. The molecule has 0 radical (unpaired) electrons. The molecule has 0 aliphatic heterocycles. The average molecular weight is 352 g/mol. The maximum Gasteiger partial charge on any atom is 0.138 e. The first-order valence-corrected chi connectivity index (χ1v) is 9.27. The van der Waals surface area contributed by atoms with E-state index in [1.807, 2.05) is 12.1 Å². The van der Waals surface area contributed by atoms with Gasteiger partial charge in [0.1, 0.15) is 17.9 Å². The van der Waals surface area contributed by atoms with Crippen LogP contribution in [0.2, 0.25) is 0 Å². The van der Waals surface area contributed by atoms with E-state index >= 15 is 0 Å². The number of unbranched alkanes of at least 4 members (excludes halogenated alkanes) is 3. The van der Waals surface area contributed by atoms with Gasteiger partial charge in [0.05, 0.1) is 17.6 Å². The Morgan fingerprint density at radius 3 is 2.50 bits per heavy atom. The number of rotatable bonds is 7. The van der Waals surface area contributed by atoms with Crippen LogP contribution < -0.4 is 4.74 Å². The summed E-state index contributed by atoms with van der Waals surface area (Å²) in [6.07, 6.45) is 5.66. The van der Waals surface area contributed by atoms with Gasteiger partial charge >= 0.3 is 0 Å². The van der Waals surface area contributed by atoms with Crippen LogP contribution in [0.3, 0.4) is 0 Å². The van der Waals surface area contributed by atoms with Crippen LogP contribution in [0, 0.1) is 6.92 Å². The number of aromatic nitrogens is 2. The van der Waals surface area contributed by atoms with Crippen molar-refractivity contribution >= 4 is 17.3 Å². The highest BCUT2D eigenvalue weighted by atomic mass is 16.5. The molecule has 1 heterocycles. The topological polar surface area (TPSA) is 55.0 Å². The molecule has 0 saturated carbocycles. The molecule has 4 nitrogen and oxygen atoms in total. The third-order valence-electron chi connectivity index (χ3n) is 4.03. The van der Waals surface area contributed by atoms with Crippen LogP contribution in [0.25, 0.3) is 22.4 Å². The number of fused-ring (bicyclic) bond motifs is 1. The number of nitrogens with zero attached hydrogens (tertiary/aromatic N) is 1. The fraction of sp³-hybridized carbons (Fsp3) is 0.364. The molecule has 2 aromatic carbocycles. The zero-order chi connectivity index (χ0) is 18.8. The zero-order valence-corrected chi connectivity index (χ0v) is 15.9. The number of aldehydes is 1. The van der Waals surface area contributed by atoms with Gasteiger partial charge in [0, 0.05) is 5.56 Å². The summed E-state index contributed by atoms with van der Waals surface area (Å²) in [5.74, 6) is 1.83. The molecule has 0 spiro atoms. The first kappa shape index (κ1) is 19.7. The molecule has 3 rings (SSSR count). The minimum absolute atomic E-state index is 0.750. The van der Waals surface area contributed by atoms with E-state index in [2.05, 4.69) is 54.1 Å². The van der Waals surface area contributed by atoms with E-state index in [4.69, 9.17) is 9.53 Å². The van der Waals surface area contributed by atoms with Crippen molar-refractivity contribution in [3.05, 3.63) is 48.0 Å². The van der Waals surface area contributed by atoms with E-state index in [9.17, 15) is 0 Å². The van der Waals surface area contributed by atoms with Crippen LogP contribution in [0.15, 0.2) is 42.5 Å². The first-order valence-electron chi connectivity index (χ1n) is 9.27. The summed E-state index contributed by atoms with van der Waals surface area (Å²) < 4.78 is 5.79. The Labute approximate surface area is 155 Å². The van der Waals surface area contributed by atoms with Crippen molar-refractivity contribution in [2.45, 2.75) is 46.5 Å². The number of ether oxygens (including phenoxy) is 1. The van der Waals surface area contributed by atoms with E-state index in [1.165, 1.54) is 31.7 Å². The lowest BCUT2D eigenvalue weighted by atomic mass is 10.2. The molecule has 0 saturated heterocycles. The second-order valence-corrected chi connectivity index (χ2v) is 6.28. The number of aryl methyl sites for hydroxylation is 1. The fourth-order valence-corrected chi connectivity index (χ4v) is 2.69. The van der Waals surface area contributed by atoms with Gasteiger partial charge in [-0.3, -0.25) is 0 Å². The number of H-pyrrole nitrogens is 1. The molecule has 0 fully saturated rings. The van der Waals surface area contributed by atoms with Crippen LogP contribution >= 0.6 is 0 Å². The summed E-state index contributed by atoms with van der Waals surface area (Å²) in [7, 11) is 0. The highest BCUT2D eigenvalue weighted by molar-refractivity contribution is 5.80. The Bertz CT molecular complexity index is 807. The van der Waals surface area contributed by atoms with Crippen molar-refractivity contribution in [1.29, 1.82) is 0 Å². The lowest BCUT2D eigenvalue weighted by Gasteiger charge is -2.06. The van der Waals surface area contributed by atoms with Gasteiger partial charge in [-0.05, 0) is 62.2 Å². The molecule has 4 heteroatoms. The van der Waals surface area contributed by atoms with Gasteiger partial charge in [0.15, 0.2) is 0 Å². The Morgan fingerprint density at radius 1 is 1.08 bits per heavy atom. The number of carbonyl (C=O) groups is 1. The van der Waals surface area contributed by atoms with E-state index in [1.54, 1.807) is 0 Å². The molecular weight excluding hydrogens is 324 g/mol. The summed E-state index contributed by atoms with van der Waals surface area (Å²) in [5.41, 5.74) is 4.40. The van der Waals surface area contributed by atoms with Crippen LogP contribution in [0.5, 0.6) is 5.75 Å². The molecular formula is C22H28N2O2. The van der Waals surface area contributed by atoms with Gasteiger partial charge in [0.25, 0.3) is 0 Å². The first-order chi connectivity index (χ1) is 12.7. The standard InChI is InChI=1S/C20H24N2O.C2H4O/c1-3-4-5-6-13-23-17-10-8-16(9-11-17)20-21-18-12-7-15(2)14-19(18)22-20;1-2-3/h7-12,14H,3-6,13H2,1-2H3,(H,21,22);2H,1H3. The third kappa shape index (κ3) is 5.73. The Morgan fingerprint density at radius 2 is 1.81 bits per heavy atom. The molecule has 26 heavy (non-hydrogen) atoms. The average Bonchev–Trinajstić information content (AvgIpc) is 3.06. The van der Waals surface area contributed by atoms with Gasteiger partial charge in [-0.25, -0.2) is 4.98 Å². The lowest BCUT2D eigenvalue weighted by molar-refractivity contribution is -0.106. The van der Waals surface area contributed by atoms with Crippen LogP contribution in [-0.2, 0) is 4.79 Å². The normalized spacial score (nSPS) is 10.3. The summed E-state index contributed by atoms with van der Waals surface area (Å²) >= 11 is 0. The second-order valence-electron chi connectivity index (χ2n) is 6.28. The van der Waals surface area contributed by atoms with Crippen molar-refractivity contribution in [3.8, 4) is 17.1 Å². The molecule has 0 atom stereocenters. The van der Waals surface area contributed by atoms with Gasteiger partial charge in [0.2, 0.25) is 0 Å². The van der Waals surface area contributed by atoms with Crippen molar-refractivity contribution in [1.82, 2.24) is 9.97 Å². The Kier molecular flexibility index (Phi) is 7.87. The molecule has 0 aliphatic rings. The van der Waals surface area contributed by atoms with Crippen molar-refractivity contribution in [2.24, 2.45) is 0 Å². The molecule has 1 aromatic heterocycles. The maximum absolute atomic E-state index is 8.81. The number of imidazole rings is 1. The monoisotopic (exact) mass is 352 g/mol. The van der Waals surface area contributed by atoms with Crippen LogP contribution in [0.4, 0.5) is 0 Å². The minimum Gasteiger partial charge on any atom is -0.494 e. The summed E-state index contributed by atoms with van der Waals surface area (Å²) in [6.45, 7) is 6.55. The third-order valence-corrected chi connectivity index (χ3v) is 4.03. The minimum atomic E-state index is 0.750. The van der Waals surface area contributed by atoms with Crippen molar-refractivity contribution < 1.29 is 9.53 Å². The van der Waals surface area contributed by atoms with Crippen molar-refractivity contribution in [3.63, 3.8) is 0 Å². The highest BCUT2D eigenvalue weighted by Crippen LogP contribution is 2.23. The van der Waals surface area contributed by atoms with Gasteiger partial charge in [-0.15, -0.1) is 0 Å². The second kappa shape index (κ2) is 10.4. The van der Waals surface area contributed by atoms with E-state index < -0.39 is 0 Å². The molecule has 0 bridgehead atoms. The smallest absolute Gasteiger partial charge is 0.138 e. The quantitative estimate of drug-likeness (QED) is 0.438. The number of hydrogen-bond donors (Lipinski definition) is 1. The Hall–Kier alpha value is -2.62. The van der Waals surface area contributed by atoms with Gasteiger partial charge < -0.3 is 14.5 Å². The van der Waals surface area contributed by atoms with Crippen LogP contribution in [0.1, 0.15) is 45.1 Å². The molecule has 3 aromatic rings. The number of benzene rings is 2. The SMILES string of the molecule is CC=O.CCCCCCOc1ccc(-c2nc3ccc(C)cc3[nH]2)cc1. The Balaban J connectivity index is 0.000000758. The largest absolute Gasteiger partial charge is 0.494 e. The number of nitrogens with one attached hydrogen (secondary N) is 1.